The van der Waals surface area contributed by atoms with Crippen LogP contribution in [0.2, 0.25) is 0 Å². The molecule has 33 heavy (non-hydrogen) atoms. The molecule has 0 radical (unpaired) electrons. The molecule has 0 spiro atoms. The molecular formula is C23H26F3N5O2. The molecule has 2 aromatic carbocycles. The van der Waals surface area contributed by atoms with Crippen molar-refractivity contribution in [1.29, 1.82) is 5.41 Å². The molecule has 0 saturated carbocycles. The van der Waals surface area contributed by atoms with Crippen molar-refractivity contribution in [3.63, 3.8) is 0 Å². The molecule has 0 saturated heterocycles. The number of alkyl halides is 3. The van der Waals surface area contributed by atoms with Gasteiger partial charge in [-0.1, -0.05) is 26.0 Å². The Morgan fingerprint density at radius 1 is 1.15 bits per heavy atom. The van der Waals surface area contributed by atoms with E-state index in [2.05, 4.69) is 23.7 Å². The van der Waals surface area contributed by atoms with Gasteiger partial charge in [-0.2, -0.15) is 13.2 Å². The molecule has 4 N–H and O–H groups in total. The second kappa shape index (κ2) is 9.53. The van der Waals surface area contributed by atoms with Gasteiger partial charge in [0.2, 0.25) is 0 Å². The summed E-state index contributed by atoms with van der Waals surface area (Å²) in [6, 6.07) is 10.6. The van der Waals surface area contributed by atoms with Crippen LogP contribution in [0.25, 0.3) is 10.9 Å². The van der Waals surface area contributed by atoms with Gasteiger partial charge in [0.1, 0.15) is 11.4 Å². The third-order valence-electron chi connectivity index (χ3n) is 5.38. The van der Waals surface area contributed by atoms with Gasteiger partial charge in [0.25, 0.3) is 5.91 Å². The maximum atomic E-state index is 13.6. The zero-order valence-electron chi connectivity index (χ0n) is 18.6. The summed E-state index contributed by atoms with van der Waals surface area (Å²) in [5, 5.41) is 7.20. The Balaban J connectivity index is 2.03. The van der Waals surface area contributed by atoms with Crippen LogP contribution in [0.5, 0.6) is 11.5 Å². The van der Waals surface area contributed by atoms with E-state index in [0.29, 0.717) is 12.3 Å². The van der Waals surface area contributed by atoms with Crippen LogP contribution in [-0.4, -0.2) is 46.8 Å². The molecule has 0 aliphatic rings. The Hall–Kier alpha value is -3.53. The van der Waals surface area contributed by atoms with Crippen molar-refractivity contribution >= 4 is 22.8 Å². The number of hydrogen-bond donors (Lipinski definition) is 3. The van der Waals surface area contributed by atoms with Crippen LogP contribution in [0.15, 0.2) is 42.5 Å². The number of benzene rings is 2. The van der Waals surface area contributed by atoms with Crippen LogP contribution < -0.4 is 10.5 Å². The van der Waals surface area contributed by atoms with Crippen LogP contribution in [0.3, 0.4) is 0 Å². The number of fused-ring (bicyclic) bond motifs is 1. The molecule has 0 bridgehead atoms. The molecule has 0 atom stereocenters. The molecule has 0 aliphatic heterocycles. The summed E-state index contributed by atoms with van der Waals surface area (Å²) in [4.78, 5) is 18.3. The van der Waals surface area contributed by atoms with Crippen molar-refractivity contribution in [2.75, 3.05) is 20.1 Å². The van der Waals surface area contributed by atoms with Crippen molar-refractivity contribution in [2.24, 2.45) is 5.73 Å². The Bertz CT molecular complexity index is 1170. The third-order valence-corrected chi connectivity index (χ3v) is 5.38. The standard InChI is InChI=1S/C23H26F3N5O2/c1-4-31(5-2)13-14-7-6-8-15(11-14)33-19-10-9-17(23(24,25)26)16-12-18(29-20(16)19)21(32)30(3)22(27)28/h6-12,29H,4-5,13H2,1-3H3,(H3,27,28). The van der Waals surface area contributed by atoms with Gasteiger partial charge in [-0.25, -0.2) is 0 Å². The first-order chi connectivity index (χ1) is 15.5. The number of aromatic amines is 1. The summed E-state index contributed by atoms with van der Waals surface area (Å²) < 4.78 is 46.8. The Morgan fingerprint density at radius 2 is 1.85 bits per heavy atom. The molecule has 0 fully saturated rings. The number of H-pyrrole nitrogens is 1. The zero-order valence-corrected chi connectivity index (χ0v) is 18.6. The molecule has 1 aromatic heterocycles. The number of hydrogen-bond acceptors (Lipinski definition) is 4. The minimum atomic E-state index is -4.63. The predicted octanol–water partition coefficient (Wildman–Crippen LogP) is 4.79. The number of guanidine groups is 1. The number of ether oxygens (including phenoxy) is 1. The fourth-order valence-electron chi connectivity index (χ4n) is 3.47. The number of nitrogens with one attached hydrogen (secondary N) is 2. The van der Waals surface area contributed by atoms with Gasteiger partial charge >= 0.3 is 6.18 Å². The summed E-state index contributed by atoms with van der Waals surface area (Å²) >= 11 is 0. The van der Waals surface area contributed by atoms with E-state index in [1.54, 1.807) is 6.07 Å². The highest BCUT2D eigenvalue weighted by molar-refractivity contribution is 6.06. The van der Waals surface area contributed by atoms with Gasteiger partial charge in [-0.3, -0.25) is 20.0 Å². The summed E-state index contributed by atoms with van der Waals surface area (Å²) in [7, 11) is 1.26. The monoisotopic (exact) mass is 461 g/mol. The van der Waals surface area contributed by atoms with Gasteiger partial charge < -0.3 is 15.5 Å². The number of nitrogens with zero attached hydrogens (tertiary/aromatic N) is 2. The second-order valence-corrected chi connectivity index (χ2v) is 7.54. The quantitative estimate of drug-likeness (QED) is 0.348. The van der Waals surface area contributed by atoms with Gasteiger partial charge in [0, 0.05) is 19.0 Å². The number of nitrogens with two attached hydrogens (primary N) is 1. The first-order valence-corrected chi connectivity index (χ1v) is 10.4. The lowest BCUT2D eigenvalue weighted by molar-refractivity contribution is -0.136. The van der Waals surface area contributed by atoms with E-state index < -0.39 is 23.6 Å². The summed E-state index contributed by atoms with van der Waals surface area (Å²) in [5.41, 5.74) is 5.32. The van der Waals surface area contributed by atoms with E-state index in [9.17, 15) is 18.0 Å². The fourth-order valence-corrected chi connectivity index (χ4v) is 3.47. The van der Waals surface area contributed by atoms with E-state index in [1.807, 2.05) is 18.2 Å². The van der Waals surface area contributed by atoms with Crippen molar-refractivity contribution < 1.29 is 22.7 Å². The highest BCUT2D eigenvalue weighted by Crippen LogP contribution is 2.40. The number of carbonyl (C=O) groups is 1. The molecule has 0 aliphatic carbocycles. The zero-order chi connectivity index (χ0) is 24.3. The van der Waals surface area contributed by atoms with E-state index >= 15 is 0 Å². The second-order valence-electron chi connectivity index (χ2n) is 7.54. The molecule has 1 amide bonds. The summed E-state index contributed by atoms with van der Waals surface area (Å²) in [6.07, 6.45) is -4.63. The minimum absolute atomic E-state index is 0.0271. The molecular weight excluding hydrogens is 435 g/mol. The number of amides is 1. The number of rotatable bonds is 7. The first-order valence-electron chi connectivity index (χ1n) is 10.4. The topological polar surface area (TPSA) is 98.4 Å². The van der Waals surface area contributed by atoms with Crippen LogP contribution in [0.4, 0.5) is 13.2 Å². The average molecular weight is 461 g/mol. The largest absolute Gasteiger partial charge is 0.455 e. The van der Waals surface area contributed by atoms with E-state index in [-0.39, 0.29) is 22.3 Å². The normalized spacial score (nSPS) is 11.7. The Morgan fingerprint density at radius 3 is 2.45 bits per heavy atom. The van der Waals surface area contributed by atoms with E-state index in [1.165, 1.54) is 13.1 Å². The van der Waals surface area contributed by atoms with Crippen molar-refractivity contribution in [2.45, 2.75) is 26.6 Å². The molecule has 7 nitrogen and oxygen atoms in total. The van der Waals surface area contributed by atoms with E-state index in [4.69, 9.17) is 15.9 Å². The van der Waals surface area contributed by atoms with Crippen LogP contribution in [0.1, 0.15) is 35.5 Å². The number of carbonyl (C=O) groups excluding carboxylic acids is 1. The van der Waals surface area contributed by atoms with Crippen molar-refractivity contribution in [3.8, 4) is 11.5 Å². The molecule has 3 aromatic rings. The fraction of sp³-hybridized carbons (Fsp3) is 0.304. The molecule has 10 heteroatoms. The maximum Gasteiger partial charge on any atom is 0.417 e. The first kappa shape index (κ1) is 24.1. The third kappa shape index (κ3) is 5.28. The van der Waals surface area contributed by atoms with Crippen molar-refractivity contribution in [1.82, 2.24) is 14.8 Å². The molecule has 3 rings (SSSR count). The predicted molar refractivity (Wildman–Crippen MR) is 120 cm³/mol. The molecule has 176 valence electrons. The number of halogens is 3. The van der Waals surface area contributed by atoms with Gasteiger partial charge in [-0.05, 0) is 49.0 Å². The lowest BCUT2D eigenvalue weighted by atomic mass is 10.1. The SMILES string of the molecule is CCN(CC)Cc1cccc(Oc2ccc(C(F)(F)F)c3cc(C(=O)N(C)C(=N)N)[nH]c23)c1. The lowest BCUT2D eigenvalue weighted by Gasteiger charge is -2.18. The van der Waals surface area contributed by atoms with Crippen LogP contribution in [-0.2, 0) is 12.7 Å². The average Bonchev–Trinajstić information content (AvgIpc) is 3.21. The maximum absolute atomic E-state index is 13.6. The minimum Gasteiger partial charge on any atom is -0.455 e. The highest BCUT2D eigenvalue weighted by Gasteiger charge is 2.34. The molecule has 1 heterocycles. The van der Waals surface area contributed by atoms with E-state index in [0.717, 1.165) is 35.7 Å². The van der Waals surface area contributed by atoms with Crippen molar-refractivity contribution in [3.05, 3.63) is 59.3 Å². The summed E-state index contributed by atoms with van der Waals surface area (Å²) in [6.45, 7) is 6.61. The summed E-state index contributed by atoms with van der Waals surface area (Å²) in [5.74, 6) is -0.665. The molecule has 0 unspecified atom stereocenters. The smallest absolute Gasteiger partial charge is 0.417 e. The van der Waals surface area contributed by atoms with Crippen LogP contribution in [0, 0.1) is 5.41 Å². The van der Waals surface area contributed by atoms with Gasteiger partial charge in [0.15, 0.2) is 11.7 Å². The van der Waals surface area contributed by atoms with Crippen LogP contribution >= 0.6 is 0 Å². The highest BCUT2D eigenvalue weighted by atomic mass is 19.4. The Labute approximate surface area is 189 Å². The lowest BCUT2D eigenvalue weighted by Crippen LogP contribution is -2.38. The van der Waals surface area contributed by atoms with Gasteiger partial charge in [-0.15, -0.1) is 0 Å². The number of aromatic nitrogens is 1. The Kier molecular flexibility index (Phi) is 6.97. The van der Waals surface area contributed by atoms with Gasteiger partial charge in [0.05, 0.1) is 11.1 Å².